The summed E-state index contributed by atoms with van der Waals surface area (Å²) in [5.74, 6) is 0.203. The van der Waals surface area contributed by atoms with E-state index in [-0.39, 0.29) is 22.0 Å². The van der Waals surface area contributed by atoms with Gasteiger partial charge in [-0.15, -0.1) is 0 Å². The lowest BCUT2D eigenvalue weighted by molar-refractivity contribution is 0.102. The van der Waals surface area contributed by atoms with Gasteiger partial charge in [-0.3, -0.25) is 4.79 Å². The Kier molecular flexibility index (Phi) is 6.89. The molecule has 1 N–H and O–H groups in total. The molecule has 4 aromatic rings. The van der Waals surface area contributed by atoms with Crippen molar-refractivity contribution >= 4 is 21.6 Å². The monoisotopic (exact) mass is 487 g/mol. The summed E-state index contributed by atoms with van der Waals surface area (Å²) in [5.41, 5.74) is 2.85. The van der Waals surface area contributed by atoms with E-state index >= 15 is 0 Å². The molecule has 0 spiro atoms. The third kappa shape index (κ3) is 6.05. The minimum Gasteiger partial charge on any atom is -0.307 e. The summed E-state index contributed by atoms with van der Waals surface area (Å²) in [7, 11) is -3.45. The maximum absolute atomic E-state index is 13.0. The predicted octanol–water partition coefficient (Wildman–Crippen LogP) is 5.46. The number of nitrogens with one attached hydrogen (secondary N) is 1. The molecule has 7 heteroatoms. The maximum Gasteiger partial charge on any atom is 0.256 e. The second-order valence-electron chi connectivity index (χ2n) is 9.53. The Hall–Kier alpha value is -3.71. The van der Waals surface area contributed by atoms with Gasteiger partial charge in [-0.25, -0.2) is 13.1 Å². The molecular formula is C28H29N3O3S. The van der Waals surface area contributed by atoms with Crippen molar-refractivity contribution < 1.29 is 13.2 Å². The van der Waals surface area contributed by atoms with Crippen LogP contribution in [-0.4, -0.2) is 24.1 Å². The molecule has 0 atom stereocenters. The van der Waals surface area contributed by atoms with Gasteiger partial charge < -0.3 is 5.32 Å². The minimum absolute atomic E-state index is 0.127. The molecule has 0 unspecified atom stereocenters. The first kappa shape index (κ1) is 24.4. The number of carbonyl (C=O) groups is 1. The Labute approximate surface area is 206 Å². The van der Waals surface area contributed by atoms with Crippen LogP contribution in [0.5, 0.6) is 0 Å². The summed E-state index contributed by atoms with van der Waals surface area (Å²) in [5, 5.41) is 7.72. The molecule has 0 saturated heterocycles. The van der Waals surface area contributed by atoms with Gasteiger partial charge in [-0.05, 0) is 35.4 Å². The van der Waals surface area contributed by atoms with E-state index in [9.17, 15) is 13.2 Å². The van der Waals surface area contributed by atoms with Crippen molar-refractivity contribution in [3.05, 3.63) is 113 Å². The fourth-order valence-electron chi connectivity index (χ4n) is 3.63. The van der Waals surface area contributed by atoms with E-state index in [2.05, 4.69) is 26.1 Å². The molecule has 1 heterocycles. The second kappa shape index (κ2) is 9.88. The van der Waals surface area contributed by atoms with Gasteiger partial charge >= 0.3 is 0 Å². The van der Waals surface area contributed by atoms with Gasteiger partial charge in [0.1, 0.15) is 5.82 Å². The number of rotatable bonds is 7. The first-order valence-corrected chi connectivity index (χ1v) is 13.1. The molecule has 0 saturated carbocycles. The van der Waals surface area contributed by atoms with Gasteiger partial charge in [-0.1, -0.05) is 81.4 Å². The van der Waals surface area contributed by atoms with Crippen molar-refractivity contribution in [3.63, 3.8) is 0 Å². The van der Waals surface area contributed by atoms with Crippen LogP contribution in [0.2, 0.25) is 0 Å². The van der Waals surface area contributed by atoms with E-state index in [0.29, 0.717) is 23.5 Å². The molecule has 0 bridgehead atoms. The van der Waals surface area contributed by atoms with Crippen molar-refractivity contribution in [2.45, 2.75) is 43.4 Å². The third-order valence-electron chi connectivity index (χ3n) is 5.64. The summed E-state index contributed by atoms with van der Waals surface area (Å²) in [6.45, 7) is 6.77. The number of amides is 1. The summed E-state index contributed by atoms with van der Waals surface area (Å²) < 4.78 is 27.1. The minimum atomic E-state index is -3.45. The van der Waals surface area contributed by atoms with Gasteiger partial charge in [0.15, 0.2) is 9.84 Å². The lowest BCUT2D eigenvalue weighted by atomic mass is 9.92. The zero-order chi connectivity index (χ0) is 25.1. The van der Waals surface area contributed by atoms with Gasteiger partial charge in [0.05, 0.1) is 22.9 Å². The maximum atomic E-state index is 13.0. The molecule has 6 nitrogen and oxygen atoms in total. The number of benzene rings is 3. The van der Waals surface area contributed by atoms with Crippen molar-refractivity contribution in [2.75, 3.05) is 5.32 Å². The number of hydrogen-bond acceptors (Lipinski definition) is 4. The average Bonchev–Trinajstić information content (AvgIpc) is 3.23. The Balaban J connectivity index is 1.52. The van der Waals surface area contributed by atoms with Crippen LogP contribution in [0.3, 0.4) is 0 Å². The van der Waals surface area contributed by atoms with E-state index < -0.39 is 9.84 Å². The van der Waals surface area contributed by atoms with Gasteiger partial charge in [-0.2, -0.15) is 5.10 Å². The zero-order valence-electron chi connectivity index (χ0n) is 20.1. The highest BCUT2D eigenvalue weighted by atomic mass is 32.2. The fourth-order valence-corrected chi connectivity index (χ4v) is 5.00. The summed E-state index contributed by atoms with van der Waals surface area (Å²) in [4.78, 5) is 13.3. The first-order chi connectivity index (χ1) is 16.6. The molecule has 1 amide bonds. The highest BCUT2D eigenvalue weighted by Gasteiger charge is 2.21. The van der Waals surface area contributed by atoms with Crippen LogP contribution in [0.25, 0.3) is 0 Å². The largest absolute Gasteiger partial charge is 0.307 e. The van der Waals surface area contributed by atoms with E-state index in [0.717, 1.165) is 11.3 Å². The fraction of sp³-hybridized carbons (Fsp3) is 0.214. The van der Waals surface area contributed by atoms with E-state index in [1.807, 2.05) is 36.4 Å². The van der Waals surface area contributed by atoms with Crippen LogP contribution >= 0.6 is 0 Å². The summed E-state index contributed by atoms with van der Waals surface area (Å²) >= 11 is 0. The number of carbonyl (C=O) groups excluding carboxylic acids is 1. The SMILES string of the molecule is CC(C)(C)c1cc(NC(=O)c2ccc(CS(=O)(=O)c3ccccc3)cc2)n(Cc2ccccc2)n1. The molecular weight excluding hydrogens is 458 g/mol. The Morgan fingerprint density at radius 1 is 0.857 bits per heavy atom. The number of aromatic nitrogens is 2. The third-order valence-corrected chi connectivity index (χ3v) is 7.34. The van der Waals surface area contributed by atoms with Crippen molar-refractivity contribution in [1.29, 1.82) is 0 Å². The van der Waals surface area contributed by atoms with Gasteiger partial charge in [0.25, 0.3) is 5.91 Å². The molecule has 4 rings (SSSR count). The smallest absolute Gasteiger partial charge is 0.256 e. The molecule has 0 aliphatic rings. The number of sulfone groups is 1. The summed E-state index contributed by atoms with van der Waals surface area (Å²) in [6, 6.07) is 26.9. The molecule has 0 fully saturated rings. The van der Waals surface area contributed by atoms with E-state index in [4.69, 9.17) is 5.10 Å². The molecule has 0 aliphatic heterocycles. The van der Waals surface area contributed by atoms with Crippen LogP contribution in [-0.2, 0) is 27.5 Å². The van der Waals surface area contributed by atoms with E-state index in [1.165, 1.54) is 0 Å². The van der Waals surface area contributed by atoms with Crippen molar-refractivity contribution in [2.24, 2.45) is 0 Å². The topological polar surface area (TPSA) is 81.1 Å². The van der Waals surface area contributed by atoms with E-state index in [1.54, 1.807) is 59.3 Å². The Bertz CT molecular complexity index is 1400. The van der Waals surface area contributed by atoms with Crippen LogP contribution in [0.4, 0.5) is 5.82 Å². The Morgan fingerprint density at radius 2 is 1.46 bits per heavy atom. The van der Waals surface area contributed by atoms with Crippen LogP contribution in [0, 0.1) is 0 Å². The molecule has 35 heavy (non-hydrogen) atoms. The number of nitrogens with zero attached hydrogens (tertiary/aromatic N) is 2. The molecule has 3 aromatic carbocycles. The number of hydrogen-bond donors (Lipinski definition) is 1. The number of anilines is 1. The average molecular weight is 488 g/mol. The zero-order valence-corrected chi connectivity index (χ0v) is 20.9. The Morgan fingerprint density at radius 3 is 2.06 bits per heavy atom. The summed E-state index contributed by atoms with van der Waals surface area (Å²) in [6.07, 6.45) is 0. The van der Waals surface area contributed by atoms with Crippen LogP contribution in [0.1, 0.15) is 48.0 Å². The van der Waals surface area contributed by atoms with Crippen LogP contribution < -0.4 is 5.32 Å². The van der Waals surface area contributed by atoms with Gasteiger partial charge in [0, 0.05) is 17.0 Å². The highest BCUT2D eigenvalue weighted by Crippen LogP contribution is 2.25. The molecule has 1 aromatic heterocycles. The highest BCUT2D eigenvalue weighted by molar-refractivity contribution is 7.90. The predicted molar refractivity (Wildman–Crippen MR) is 138 cm³/mol. The molecule has 0 radical (unpaired) electrons. The van der Waals surface area contributed by atoms with Gasteiger partial charge in [0.2, 0.25) is 0 Å². The standard InChI is InChI=1S/C28H29N3O3S/c1-28(2,3)25-18-26(31(30-25)19-21-10-6-4-7-11-21)29-27(32)23-16-14-22(15-17-23)20-35(33,34)24-12-8-5-9-13-24/h4-18H,19-20H2,1-3H3,(H,29,32). The molecule has 0 aliphatic carbocycles. The normalized spacial score (nSPS) is 11.9. The molecule has 180 valence electrons. The lowest BCUT2D eigenvalue weighted by Crippen LogP contribution is -2.16. The second-order valence-corrected chi connectivity index (χ2v) is 11.5. The first-order valence-electron chi connectivity index (χ1n) is 11.4. The van der Waals surface area contributed by atoms with Crippen molar-refractivity contribution in [3.8, 4) is 0 Å². The lowest BCUT2D eigenvalue weighted by Gasteiger charge is -2.14. The van der Waals surface area contributed by atoms with Crippen LogP contribution in [0.15, 0.2) is 95.9 Å². The quantitative estimate of drug-likeness (QED) is 0.376. The van der Waals surface area contributed by atoms with Crippen molar-refractivity contribution in [1.82, 2.24) is 9.78 Å².